The first-order valence-corrected chi connectivity index (χ1v) is 12.2. The number of carbonyl (C=O) groups excluding carboxylic acids is 1. The minimum atomic E-state index is -0.407. The van der Waals surface area contributed by atoms with Crippen LogP contribution in [0.1, 0.15) is 40.4 Å². The number of aromatic hydroxyl groups is 1. The molecule has 4 aromatic rings. The van der Waals surface area contributed by atoms with Crippen LogP contribution in [0.15, 0.2) is 77.8 Å². The van der Waals surface area contributed by atoms with Crippen LogP contribution in [0.5, 0.6) is 5.88 Å². The number of hydrogen-bond acceptors (Lipinski definition) is 6. The third kappa shape index (κ3) is 5.03. The number of benzene rings is 3. The number of aromatic amines is 1. The van der Waals surface area contributed by atoms with E-state index in [4.69, 9.17) is 9.73 Å². The van der Waals surface area contributed by atoms with E-state index in [1.54, 1.807) is 25.1 Å². The fraction of sp³-hybridized carbons (Fsp3) is 0.241. The normalized spacial score (nSPS) is 16.5. The van der Waals surface area contributed by atoms with Crippen LogP contribution in [0.25, 0.3) is 10.9 Å². The van der Waals surface area contributed by atoms with Crippen LogP contribution in [0, 0.1) is 0 Å². The first kappa shape index (κ1) is 23.8. The van der Waals surface area contributed by atoms with E-state index >= 15 is 0 Å². The molecule has 1 aromatic heterocycles. The molecule has 1 saturated heterocycles. The summed E-state index contributed by atoms with van der Waals surface area (Å²) in [7, 11) is 0. The predicted molar refractivity (Wildman–Crippen MR) is 140 cm³/mol. The van der Waals surface area contributed by atoms with Crippen molar-refractivity contribution in [3.8, 4) is 5.88 Å². The first-order chi connectivity index (χ1) is 17.5. The molecule has 7 nitrogen and oxygen atoms in total. The average molecular weight is 484 g/mol. The van der Waals surface area contributed by atoms with Gasteiger partial charge in [0.2, 0.25) is 0 Å². The molecule has 3 N–H and O–H groups in total. The molecule has 0 saturated carbocycles. The number of likely N-dealkylation sites (tertiary alicyclic amines) is 1. The second-order valence-corrected chi connectivity index (χ2v) is 9.00. The van der Waals surface area contributed by atoms with Crippen molar-refractivity contribution in [2.75, 3.05) is 19.7 Å². The zero-order valence-electron chi connectivity index (χ0n) is 20.1. The van der Waals surface area contributed by atoms with Crippen molar-refractivity contribution in [3.63, 3.8) is 0 Å². The van der Waals surface area contributed by atoms with E-state index in [1.807, 2.05) is 54.6 Å². The van der Waals surface area contributed by atoms with Gasteiger partial charge in [0.05, 0.1) is 35.2 Å². The van der Waals surface area contributed by atoms with E-state index in [-0.39, 0.29) is 12.0 Å². The Labute approximate surface area is 209 Å². The Morgan fingerprint density at radius 3 is 2.56 bits per heavy atom. The molecule has 184 valence electrons. The number of fused-ring (bicyclic) bond motifs is 1. The van der Waals surface area contributed by atoms with Crippen molar-refractivity contribution >= 4 is 28.3 Å². The lowest BCUT2D eigenvalue weighted by molar-refractivity contribution is 0.0526. The zero-order valence-corrected chi connectivity index (χ0v) is 20.1. The second-order valence-electron chi connectivity index (χ2n) is 9.00. The third-order valence-corrected chi connectivity index (χ3v) is 6.40. The zero-order chi connectivity index (χ0) is 25.1. The molecule has 1 fully saturated rings. The van der Waals surface area contributed by atoms with E-state index in [1.165, 1.54) is 0 Å². The molecule has 3 aromatic carbocycles. The highest BCUT2D eigenvalue weighted by atomic mass is 16.5. The molecule has 1 aliphatic rings. The lowest BCUT2D eigenvalue weighted by Gasteiger charge is -2.15. The van der Waals surface area contributed by atoms with Crippen LogP contribution in [0.4, 0.5) is 5.69 Å². The molecule has 1 atom stereocenters. The molecular weight excluding hydrogens is 454 g/mol. The Morgan fingerprint density at radius 1 is 1.08 bits per heavy atom. The number of aliphatic imine (C=N–C) groups is 1. The minimum Gasteiger partial charge on any atom is -0.494 e. The van der Waals surface area contributed by atoms with Crippen molar-refractivity contribution in [3.05, 3.63) is 95.1 Å². The Morgan fingerprint density at radius 2 is 1.86 bits per heavy atom. The van der Waals surface area contributed by atoms with E-state index < -0.39 is 5.97 Å². The standard InChI is InChI=1S/C29H29N3O4/c1-2-36-29(35)21-10-13-24-25(16-21)31-28(34)26(24)27(20-6-4-3-5-7-20)30-22-11-8-19(9-12-22)17-32-15-14-23(33)18-32/h3-13,16,23,31,33-34H,2,14-15,17-18H2,1H3. The van der Waals surface area contributed by atoms with Gasteiger partial charge in [0.15, 0.2) is 5.88 Å². The van der Waals surface area contributed by atoms with E-state index in [0.717, 1.165) is 41.7 Å². The monoisotopic (exact) mass is 483 g/mol. The molecule has 7 heteroatoms. The molecule has 1 unspecified atom stereocenters. The summed E-state index contributed by atoms with van der Waals surface area (Å²) in [5.74, 6) is -0.423. The number of hydrogen-bond donors (Lipinski definition) is 3. The molecule has 2 heterocycles. The fourth-order valence-electron chi connectivity index (χ4n) is 4.64. The quantitative estimate of drug-likeness (QED) is 0.259. The molecule has 0 bridgehead atoms. The second kappa shape index (κ2) is 10.4. The van der Waals surface area contributed by atoms with Gasteiger partial charge in [-0.3, -0.25) is 4.90 Å². The Balaban J connectivity index is 1.52. The van der Waals surface area contributed by atoms with Crippen LogP contribution >= 0.6 is 0 Å². The highest BCUT2D eigenvalue weighted by molar-refractivity contribution is 6.22. The smallest absolute Gasteiger partial charge is 0.338 e. The number of nitrogens with one attached hydrogen (secondary N) is 1. The van der Waals surface area contributed by atoms with Crippen LogP contribution in [0.3, 0.4) is 0 Å². The Bertz CT molecular complexity index is 1390. The number of H-pyrrole nitrogens is 1. The number of nitrogens with zero attached hydrogens (tertiary/aromatic N) is 2. The SMILES string of the molecule is CCOC(=O)c1ccc2c(C(=Nc3ccc(CN4CCC(O)C4)cc3)c3ccccc3)c(O)[nH]c2c1. The number of ether oxygens (including phenoxy) is 1. The van der Waals surface area contributed by atoms with Crippen LogP contribution in [0.2, 0.25) is 0 Å². The van der Waals surface area contributed by atoms with Gasteiger partial charge >= 0.3 is 5.97 Å². The van der Waals surface area contributed by atoms with Gasteiger partial charge in [0.1, 0.15) is 0 Å². The van der Waals surface area contributed by atoms with Crippen molar-refractivity contribution in [2.24, 2.45) is 4.99 Å². The third-order valence-electron chi connectivity index (χ3n) is 6.40. The summed E-state index contributed by atoms with van der Waals surface area (Å²) in [5, 5.41) is 21.5. The maximum atomic E-state index is 12.2. The van der Waals surface area contributed by atoms with Gasteiger partial charge in [-0.15, -0.1) is 0 Å². The number of rotatable bonds is 7. The first-order valence-electron chi connectivity index (χ1n) is 12.2. The summed E-state index contributed by atoms with van der Waals surface area (Å²) in [6.45, 7) is 4.45. The minimum absolute atomic E-state index is 0.0159. The lowest BCUT2D eigenvalue weighted by atomic mass is 10.00. The maximum absolute atomic E-state index is 12.2. The fourth-order valence-corrected chi connectivity index (χ4v) is 4.64. The van der Waals surface area contributed by atoms with Gasteiger partial charge in [-0.25, -0.2) is 9.79 Å². The summed E-state index contributed by atoms with van der Waals surface area (Å²) in [6, 6.07) is 22.9. The lowest BCUT2D eigenvalue weighted by Crippen LogP contribution is -2.21. The molecular formula is C29H29N3O4. The van der Waals surface area contributed by atoms with Crippen molar-refractivity contribution in [1.82, 2.24) is 9.88 Å². The van der Waals surface area contributed by atoms with Crippen LogP contribution < -0.4 is 0 Å². The summed E-state index contributed by atoms with van der Waals surface area (Å²) in [6.07, 6.45) is 0.581. The van der Waals surface area contributed by atoms with Crippen LogP contribution in [-0.4, -0.2) is 57.6 Å². The molecule has 36 heavy (non-hydrogen) atoms. The molecule has 0 radical (unpaired) electrons. The number of β-amino-alcohol motifs (C(OH)–C–C–N with tert-alkyl or cyclic N) is 1. The molecule has 5 rings (SSSR count). The van der Waals surface area contributed by atoms with Crippen molar-refractivity contribution < 1.29 is 19.7 Å². The summed E-state index contributed by atoms with van der Waals surface area (Å²) in [4.78, 5) is 22.4. The average Bonchev–Trinajstić information content (AvgIpc) is 3.45. The summed E-state index contributed by atoms with van der Waals surface area (Å²) in [5.41, 5.74) is 5.01. The van der Waals surface area contributed by atoms with E-state index in [2.05, 4.69) is 9.88 Å². The molecule has 0 spiro atoms. The van der Waals surface area contributed by atoms with Gasteiger partial charge < -0.3 is 19.9 Å². The maximum Gasteiger partial charge on any atom is 0.338 e. The number of carbonyl (C=O) groups is 1. The van der Waals surface area contributed by atoms with E-state index in [9.17, 15) is 15.0 Å². The number of aromatic nitrogens is 1. The number of esters is 1. The molecule has 1 aliphatic heterocycles. The van der Waals surface area contributed by atoms with Gasteiger partial charge in [-0.05, 0) is 43.2 Å². The molecule has 0 amide bonds. The largest absolute Gasteiger partial charge is 0.494 e. The number of aliphatic hydroxyl groups excluding tert-OH is 1. The Kier molecular flexibility index (Phi) is 6.84. The predicted octanol–water partition coefficient (Wildman–Crippen LogP) is 4.79. The summed E-state index contributed by atoms with van der Waals surface area (Å²) >= 11 is 0. The van der Waals surface area contributed by atoms with Crippen LogP contribution in [-0.2, 0) is 11.3 Å². The Hall–Kier alpha value is -3.94. The van der Waals surface area contributed by atoms with E-state index in [0.29, 0.717) is 35.5 Å². The number of aliphatic hydroxyl groups is 1. The van der Waals surface area contributed by atoms with Gasteiger partial charge in [-0.1, -0.05) is 48.5 Å². The van der Waals surface area contributed by atoms with Gasteiger partial charge in [0, 0.05) is 36.1 Å². The van der Waals surface area contributed by atoms with Gasteiger partial charge in [0.25, 0.3) is 0 Å². The van der Waals surface area contributed by atoms with Crippen molar-refractivity contribution in [1.29, 1.82) is 0 Å². The highest BCUT2D eigenvalue weighted by Gasteiger charge is 2.21. The summed E-state index contributed by atoms with van der Waals surface area (Å²) < 4.78 is 5.11. The topological polar surface area (TPSA) is 98.2 Å². The van der Waals surface area contributed by atoms with Crippen molar-refractivity contribution in [2.45, 2.75) is 26.0 Å². The van der Waals surface area contributed by atoms with Gasteiger partial charge in [-0.2, -0.15) is 0 Å². The molecule has 0 aliphatic carbocycles. The highest BCUT2D eigenvalue weighted by Crippen LogP contribution is 2.32.